The zero-order valence-corrected chi connectivity index (χ0v) is 12.5. The van der Waals surface area contributed by atoms with Crippen molar-refractivity contribution in [1.29, 1.82) is 0 Å². The Labute approximate surface area is 116 Å². The number of rotatable bonds is 7. The van der Waals surface area contributed by atoms with E-state index in [4.69, 9.17) is 17.3 Å². The van der Waals surface area contributed by atoms with Gasteiger partial charge in [0.1, 0.15) is 0 Å². The largest absolute Gasteiger partial charge is 0.326 e. The third kappa shape index (κ3) is 7.00. The molecule has 1 rings (SSSR count). The summed E-state index contributed by atoms with van der Waals surface area (Å²) in [6.45, 7) is 6.35. The molecule has 18 heavy (non-hydrogen) atoms. The first kappa shape index (κ1) is 15.5. The van der Waals surface area contributed by atoms with E-state index >= 15 is 0 Å². The van der Waals surface area contributed by atoms with Crippen molar-refractivity contribution < 1.29 is 0 Å². The second kappa shape index (κ2) is 7.13. The lowest BCUT2D eigenvalue weighted by molar-refractivity contribution is 0.313. The minimum atomic E-state index is -0.0446. The van der Waals surface area contributed by atoms with Gasteiger partial charge in [-0.25, -0.2) is 0 Å². The fourth-order valence-corrected chi connectivity index (χ4v) is 2.01. The molecule has 0 bridgehead atoms. The number of likely N-dealkylation sites (N-methyl/N-ethyl adjacent to an activating group) is 1. The van der Waals surface area contributed by atoms with Crippen LogP contribution < -0.4 is 5.73 Å². The summed E-state index contributed by atoms with van der Waals surface area (Å²) < 4.78 is 0. The number of nitrogens with zero attached hydrogens (tertiary/aromatic N) is 1. The van der Waals surface area contributed by atoms with E-state index in [1.807, 2.05) is 12.1 Å². The van der Waals surface area contributed by atoms with Gasteiger partial charge in [0.05, 0.1) is 0 Å². The van der Waals surface area contributed by atoms with Crippen molar-refractivity contribution in [2.45, 2.75) is 38.6 Å². The van der Waals surface area contributed by atoms with Crippen LogP contribution >= 0.6 is 11.6 Å². The molecule has 2 nitrogen and oxygen atoms in total. The molecule has 1 aromatic rings. The van der Waals surface area contributed by atoms with E-state index in [1.54, 1.807) is 0 Å². The second-order valence-corrected chi connectivity index (χ2v) is 6.21. The molecule has 3 heteroatoms. The SMILES string of the molecule is CN(CCCC(C)(C)N)CCc1ccc(Cl)cc1. The van der Waals surface area contributed by atoms with Crippen molar-refractivity contribution in [3.8, 4) is 0 Å². The average Bonchev–Trinajstić information content (AvgIpc) is 2.26. The molecule has 0 aliphatic rings. The van der Waals surface area contributed by atoms with E-state index in [1.165, 1.54) is 5.56 Å². The molecule has 0 spiro atoms. The van der Waals surface area contributed by atoms with Gasteiger partial charge in [0.25, 0.3) is 0 Å². The number of hydrogen-bond donors (Lipinski definition) is 1. The summed E-state index contributed by atoms with van der Waals surface area (Å²) in [5.41, 5.74) is 7.26. The lowest BCUT2D eigenvalue weighted by Crippen LogP contribution is -2.33. The fourth-order valence-electron chi connectivity index (χ4n) is 1.89. The highest BCUT2D eigenvalue weighted by Crippen LogP contribution is 2.11. The quantitative estimate of drug-likeness (QED) is 0.822. The van der Waals surface area contributed by atoms with E-state index in [-0.39, 0.29) is 5.54 Å². The molecule has 0 radical (unpaired) electrons. The van der Waals surface area contributed by atoms with Crippen molar-refractivity contribution in [2.24, 2.45) is 5.73 Å². The zero-order valence-electron chi connectivity index (χ0n) is 11.7. The predicted octanol–water partition coefficient (Wildman–Crippen LogP) is 3.33. The summed E-state index contributed by atoms with van der Waals surface area (Å²) in [6, 6.07) is 8.10. The van der Waals surface area contributed by atoms with Crippen molar-refractivity contribution in [3.63, 3.8) is 0 Å². The summed E-state index contributed by atoms with van der Waals surface area (Å²) in [6.07, 6.45) is 3.29. The molecule has 2 N–H and O–H groups in total. The molecule has 0 atom stereocenters. The monoisotopic (exact) mass is 268 g/mol. The molecule has 0 aliphatic heterocycles. The van der Waals surface area contributed by atoms with Crippen molar-refractivity contribution >= 4 is 11.6 Å². The third-order valence-electron chi connectivity index (χ3n) is 3.06. The molecule has 102 valence electrons. The first-order valence-corrected chi connectivity index (χ1v) is 6.96. The van der Waals surface area contributed by atoms with E-state index < -0.39 is 0 Å². The summed E-state index contributed by atoms with van der Waals surface area (Å²) in [5, 5.41) is 0.803. The molecule has 0 heterocycles. The summed E-state index contributed by atoms with van der Waals surface area (Å²) >= 11 is 5.86. The molecular weight excluding hydrogens is 244 g/mol. The summed E-state index contributed by atoms with van der Waals surface area (Å²) in [5.74, 6) is 0. The van der Waals surface area contributed by atoms with Crippen molar-refractivity contribution in [3.05, 3.63) is 34.9 Å². The van der Waals surface area contributed by atoms with Gasteiger partial charge in [-0.2, -0.15) is 0 Å². The van der Waals surface area contributed by atoms with Gasteiger partial charge in [-0.15, -0.1) is 0 Å². The Morgan fingerprint density at radius 3 is 2.33 bits per heavy atom. The van der Waals surface area contributed by atoms with E-state index in [0.717, 1.165) is 37.4 Å². The van der Waals surface area contributed by atoms with Gasteiger partial charge in [0.2, 0.25) is 0 Å². The fraction of sp³-hybridized carbons (Fsp3) is 0.600. The molecular formula is C15H25ClN2. The van der Waals surface area contributed by atoms with Crippen LogP contribution in [0.15, 0.2) is 24.3 Å². The Bertz CT molecular complexity index is 341. The van der Waals surface area contributed by atoms with E-state index in [0.29, 0.717) is 0 Å². The Hall–Kier alpha value is -0.570. The van der Waals surface area contributed by atoms with Crippen LogP contribution in [0.3, 0.4) is 0 Å². The van der Waals surface area contributed by atoms with E-state index in [9.17, 15) is 0 Å². The minimum absolute atomic E-state index is 0.0446. The Kier molecular flexibility index (Phi) is 6.13. The number of hydrogen-bond acceptors (Lipinski definition) is 2. The van der Waals surface area contributed by atoms with E-state index in [2.05, 4.69) is 37.9 Å². The summed E-state index contributed by atoms with van der Waals surface area (Å²) in [7, 11) is 2.17. The highest BCUT2D eigenvalue weighted by molar-refractivity contribution is 6.30. The van der Waals surface area contributed by atoms with Gasteiger partial charge < -0.3 is 10.6 Å². The number of nitrogens with two attached hydrogens (primary N) is 1. The first-order chi connectivity index (χ1) is 8.37. The Morgan fingerprint density at radius 2 is 1.78 bits per heavy atom. The molecule has 0 fully saturated rings. The Balaban J connectivity index is 2.21. The minimum Gasteiger partial charge on any atom is -0.326 e. The number of halogens is 1. The van der Waals surface area contributed by atoms with Crippen LogP contribution in [0, 0.1) is 0 Å². The van der Waals surface area contributed by atoms with Gasteiger partial charge in [-0.3, -0.25) is 0 Å². The van der Waals surface area contributed by atoms with Crippen LogP contribution in [0.4, 0.5) is 0 Å². The molecule has 0 unspecified atom stereocenters. The lowest BCUT2D eigenvalue weighted by Gasteiger charge is -2.21. The van der Waals surface area contributed by atoms with Gasteiger partial charge >= 0.3 is 0 Å². The molecule has 0 aliphatic carbocycles. The molecule has 1 aromatic carbocycles. The zero-order chi connectivity index (χ0) is 13.6. The maximum atomic E-state index is 5.97. The van der Waals surface area contributed by atoms with Gasteiger partial charge in [-0.1, -0.05) is 23.7 Å². The smallest absolute Gasteiger partial charge is 0.0406 e. The van der Waals surface area contributed by atoms with Crippen molar-refractivity contribution in [1.82, 2.24) is 4.90 Å². The average molecular weight is 269 g/mol. The lowest BCUT2D eigenvalue weighted by atomic mass is 10.00. The second-order valence-electron chi connectivity index (χ2n) is 5.77. The topological polar surface area (TPSA) is 29.3 Å². The molecule has 0 aromatic heterocycles. The highest BCUT2D eigenvalue weighted by Gasteiger charge is 2.10. The van der Waals surface area contributed by atoms with Gasteiger partial charge in [0, 0.05) is 17.1 Å². The van der Waals surface area contributed by atoms with Crippen LogP contribution in [0.1, 0.15) is 32.3 Å². The van der Waals surface area contributed by atoms with Gasteiger partial charge in [-0.05, 0) is 64.4 Å². The highest BCUT2D eigenvalue weighted by atomic mass is 35.5. The van der Waals surface area contributed by atoms with Crippen LogP contribution in [0.2, 0.25) is 5.02 Å². The molecule has 0 saturated heterocycles. The van der Waals surface area contributed by atoms with Gasteiger partial charge in [0.15, 0.2) is 0 Å². The van der Waals surface area contributed by atoms with Crippen LogP contribution in [-0.2, 0) is 6.42 Å². The normalized spacial score (nSPS) is 12.1. The van der Waals surface area contributed by atoms with Crippen LogP contribution in [-0.4, -0.2) is 30.6 Å². The predicted molar refractivity (Wildman–Crippen MR) is 80.2 cm³/mol. The summed E-state index contributed by atoms with van der Waals surface area (Å²) in [4.78, 5) is 2.36. The maximum absolute atomic E-state index is 5.97. The van der Waals surface area contributed by atoms with Crippen LogP contribution in [0.25, 0.3) is 0 Å². The standard InChI is InChI=1S/C15H25ClN2/c1-15(2,17)10-4-11-18(3)12-9-13-5-7-14(16)8-6-13/h5-8H,4,9-12,17H2,1-3H3. The van der Waals surface area contributed by atoms with Crippen molar-refractivity contribution in [2.75, 3.05) is 20.1 Å². The van der Waals surface area contributed by atoms with Crippen LogP contribution in [0.5, 0.6) is 0 Å². The first-order valence-electron chi connectivity index (χ1n) is 6.59. The Morgan fingerprint density at radius 1 is 1.17 bits per heavy atom. The maximum Gasteiger partial charge on any atom is 0.0406 e. The third-order valence-corrected chi connectivity index (χ3v) is 3.31. The molecule has 0 saturated carbocycles. The molecule has 0 amide bonds. The number of benzene rings is 1.